The van der Waals surface area contributed by atoms with E-state index in [0.29, 0.717) is 9.80 Å². The standard InChI is InChI=1S/C22H36N2O14/c1-23(21(37)17(33)15(31)13(29)11(27)7-25)19(35)9-3-5-10(6-4-9)20(36)24(2)22(38)18(34)16(32)14(30)12(28)8-26/h3-6,11-18,21-22,25-34,37-38H,7-8H2,1-2H3/t11-,12-,13-,14-,15+,16+,17-,18-,21?,22?/m1/s1. The van der Waals surface area contributed by atoms with E-state index in [4.69, 9.17) is 10.2 Å². The van der Waals surface area contributed by atoms with Crippen LogP contribution in [0.2, 0.25) is 0 Å². The van der Waals surface area contributed by atoms with Crippen LogP contribution in [0.4, 0.5) is 0 Å². The highest BCUT2D eigenvalue weighted by atomic mass is 16.4. The number of rotatable bonds is 14. The molecule has 0 spiro atoms. The number of nitrogens with zero attached hydrogens (tertiary/aromatic N) is 2. The van der Waals surface area contributed by atoms with Gasteiger partial charge >= 0.3 is 0 Å². The van der Waals surface area contributed by atoms with E-state index in [1.54, 1.807) is 0 Å². The van der Waals surface area contributed by atoms with E-state index in [-0.39, 0.29) is 11.1 Å². The van der Waals surface area contributed by atoms with Gasteiger partial charge in [0.15, 0.2) is 12.5 Å². The summed E-state index contributed by atoms with van der Waals surface area (Å²) in [7, 11) is 2.10. The Morgan fingerprint density at radius 1 is 0.553 bits per heavy atom. The average Bonchev–Trinajstić information content (AvgIpc) is 2.95. The molecule has 0 saturated heterocycles. The summed E-state index contributed by atoms with van der Waals surface area (Å²) in [5.74, 6) is -1.80. The van der Waals surface area contributed by atoms with Gasteiger partial charge in [0.1, 0.15) is 48.8 Å². The van der Waals surface area contributed by atoms with Crippen molar-refractivity contribution in [2.75, 3.05) is 27.3 Å². The van der Waals surface area contributed by atoms with Gasteiger partial charge in [-0.05, 0) is 24.3 Å². The average molecular weight is 553 g/mol. The largest absolute Gasteiger partial charge is 0.394 e. The number of carbonyl (C=O) groups is 2. The zero-order chi connectivity index (χ0) is 29.5. The van der Waals surface area contributed by atoms with Gasteiger partial charge in [0.05, 0.1) is 13.2 Å². The van der Waals surface area contributed by atoms with Crippen molar-refractivity contribution in [1.29, 1.82) is 0 Å². The fourth-order valence-electron chi connectivity index (χ4n) is 3.29. The van der Waals surface area contributed by atoms with Crippen LogP contribution in [-0.2, 0) is 0 Å². The van der Waals surface area contributed by atoms with Gasteiger partial charge < -0.3 is 71.1 Å². The molecule has 2 unspecified atom stereocenters. The molecule has 0 fully saturated rings. The fraction of sp³-hybridized carbons (Fsp3) is 0.636. The first kappa shape index (κ1) is 33.7. The molecule has 16 heteroatoms. The van der Waals surface area contributed by atoms with Crippen LogP contribution in [0.25, 0.3) is 0 Å². The summed E-state index contributed by atoms with van der Waals surface area (Å²) in [6, 6.07) is 4.55. The van der Waals surface area contributed by atoms with E-state index in [2.05, 4.69) is 0 Å². The topological polar surface area (TPSA) is 283 Å². The van der Waals surface area contributed by atoms with Crippen LogP contribution in [-0.4, -0.2) is 171 Å². The number of amides is 2. The molecule has 0 aromatic heterocycles. The number of benzene rings is 1. The van der Waals surface area contributed by atoms with Crippen LogP contribution >= 0.6 is 0 Å². The first-order valence-corrected chi connectivity index (χ1v) is 11.3. The van der Waals surface area contributed by atoms with Gasteiger partial charge in [-0.3, -0.25) is 9.59 Å². The molecule has 0 aliphatic heterocycles. The van der Waals surface area contributed by atoms with Gasteiger partial charge in [-0.15, -0.1) is 0 Å². The summed E-state index contributed by atoms with van der Waals surface area (Å²) in [6.07, 6.45) is -20.4. The molecule has 218 valence electrons. The summed E-state index contributed by atoms with van der Waals surface area (Å²) in [5.41, 5.74) is -0.221. The highest BCUT2D eigenvalue weighted by Crippen LogP contribution is 2.17. The Morgan fingerprint density at radius 3 is 1.05 bits per heavy atom. The van der Waals surface area contributed by atoms with Crippen molar-refractivity contribution in [2.45, 2.75) is 61.3 Å². The smallest absolute Gasteiger partial charge is 0.255 e. The molecule has 0 saturated carbocycles. The normalized spacial score (nSPS) is 19.7. The van der Waals surface area contributed by atoms with Crippen molar-refractivity contribution in [3.8, 4) is 0 Å². The summed E-state index contributed by atoms with van der Waals surface area (Å²) in [5, 5.41) is 116. The van der Waals surface area contributed by atoms with Gasteiger partial charge in [-0.1, -0.05) is 0 Å². The van der Waals surface area contributed by atoms with E-state index >= 15 is 0 Å². The van der Waals surface area contributed by atoms with Gasteiger partial charge in [0.2, 0.25) is 0 Å². The van der Waals surface area contributed by atoms with Crippen LogP contribution < -0.4 is 0 Å². The Bertz CT molecular complexity index is 818. The molecule has 0 aliphatic carbocycles. The molecule has 12 N–H and O–H groups in total. The van der Waals surface area contributed by atoms with E-state index < -0.39 is 86.3 Å². The van der Waals surface area contributed by atoms with Gasteiger partial charge in [-0.2, -0.15) is 0 Å². The van der Waals surface area contributed by atoms with E-state index in [9.17, 15) is 60.7 Å². The summed E-state index contributed by atoms with van der Waals surface area (Å²) >= 11 is 0. The van der Waals surface area contributed by atoms with Crippen molar-refractivity contribution in [1.82, 2.24) is 9.80 Å². The van der Waals surface area contributed by atoms with Crippen molar-refractivity contribution < 1.29 is 70.9 Å². The quantitative estimate of drug-likeness (QED) is 0.0956. The third kappa shape index (κ3) is 7.85. The second kappa shape index (κ2) is 14.7. The molecule has 0 bridgehead atoms. The lowest BCUT2D eigenvalue weighted by molar-refractivity contribution is -0.160. The Hall–Kier alpha value is -2.32. The second-order valence-corrected chi connectivity index (χ2v) is 8.68. The maximum absolute atomic E-state index is 12.7. The molecular formula is C22H36N2O14. The molecule has 1 aromatic carbocycles. The minimum atomic E-state index is -2.14. The Kier molecular flexibility index (Phi) is 13.1. The monoisotopic (exact) mass is 552 g/mol. The molecule has 16 nitrogen and oxygen atoms in total. The highest BCUT2D eigenvalue weighted by molar-refractivity contribution is 5.97. The number of hydrogen-bond donors (Lipinski definition) is 12. The first-order chi connectivity index (χ1) is 17.6. The predicted molar refractivity (Wildman–Crippen MR) is 125 cm³/mol. The van der Waals surface area contributed by atoms with E-state index in [1.165, 1.54) is 0 Å². The van der Waals surface area contributed by atoms with Crippen LogP contribution in [0, 0.1) is 0 Å². The van der Waals surface area contributed by atoms with Crippen LogP contribution in [0.1, 0.15) is 20.7 Å². The molecule has 38 heavy (non-hydrogen) atoms. The van der Waals surface area contributed by atoms with Gasteiger partial charge in [0.25, 0.3) is 11.8 Å². The summed E-state index contributed by atoms with van der Waals surface area (Å²) < 4.78 is 0. The maximum Gasteiger partial charge on any atom is 0.255 e. The molecule has 2 amide bonds. The number of aliphatic hydroxyl groups excluding tert-OH is 12. The minimum Gasteiger partial charge on any atom is -0.394 e. The van der Waals surface area contributed by atoms with Gasteiger partial charge in [-0.25, -0.2) is 0 Å². The van der Waals surface area contributed by atoms with Crippen molar-refractivity contribution >= 4 is 11.8 Å². The third-order valence-corrected chi connectivity index (χ3v) is 5.99. The summed E-state index contributed by atoms with van der Waals surface area (Å²) in [6.45, 7) is -1.89. The van der Waals surface area contributed by atoms with Crippen LogP contribution in [0.15, 0.2) is 24.3 Å². The minimum absolute atomic E-state index is 0.111. The third-order valence-electron chi connectivity index (χ3n) is 5.99. The second-order valence-electron chi connectivity index (χ2n) is 8.68. The Balaban J connectivity index is 2.92. The van der Waals surface area contributed by atoms with Crippen LogP contribution in [0.5, 0.6) is 0 Å². The number of hydrogen-bond acceptors (Lipinski definition) is 14. The molecule has 1 aromatic rings. The lowest BCUT2D eigenvalue weighted by Gasteiger charge is -2.33. The highest BCUT2D eigenvalue weighted by Gasteiger charge is 2.38. The predicted octanol–water partition coefficient (Wildman–Crippen LogP) is -6.66. The summed E-state index contributed by atoms with van der Waals surface area (Å²) in [4.78, 5) is 26.5. The zero-order valence-electron chi connectivity index (χ0n) is 20.6. The SMILES string of the molecule is CN(C(=O)c1ccc(C(=O)N(C)C(O)[C@H](O)[C@@H](O)[C@H](O)[C@H](O)CO)cc1)C(O)[C@H](O)[C@@H](O)[C@H](O)[C@H](O)CO. The van der Waals surface area contributed by atoms with Crippen molar-refractivity contribution in [3.05, 3.63) is 35.4 Å². The first-order valence-electron chi connectivity index (χ1n) is 11.3. The molecule has 1 rings (SSSR count). The molecular weight excluding hydrogens is 516 g/mol. The fourth-order valence-corrected chi connectivity index (χ4v) is 3.29. The maximum atomic E-state index is 12.7. The number of aliphatic hydroxyl groups is 12. The number of carbonyl (C=O) groups excluding carboxylic acids is 2. The molecule has 10 atom stereocenters. The molecule has 0 heterocycles. The van der Waals surface area contributed by atoms with Crippen molar-refractivity contribution in [3.63, 3.8) is 0 Å². The zero-order valence-corrected chi connectivity index (χ0v) is 20.6. The van der Waals surface area contributed by atoms with Crippen molar-refractivity contribution in [2.24, 2.45) is 0 Å². The Labute approximate surface area is 217 Å². The van der Waals surface area contributed by atoms with E-state index in [1.807, 2.05) is 0 Å². The van der Waals surface area contributed by atoms with E-state index in [0.717, 1.165) is 38.4 Å². The Morgan fingerprint density at radius 2 is 0.816 bits per heavy atom. The van der Waals surface area contributed by atoms with Crippen LogP contribution in [0.3, 0.4) is 0 Å². The molecule has 0 aliphatic rings. The number of likely N-dealkylation sites (N-methyl/N-ethyl adjacent to an activating group) is 2. The lowest BCUT2D eigenvalue weighted by Crippen LogP contribution is -2.55. The molecule has 0 radical (unpaired) electrons. The van der Waals surface area contributed by atoms with Gasteiger partial charge in [0, 0.05) is 25.2 Å². The lowest BCUT2D eigenvalue weighted by atomic mass is 10.0.